The van der Waals surface area contributed by atoms with Gasteiger partial charge in [0.1, 0.15) is 0 Å². The van der Waals surface area contributed by atoms with E-state index in [1.807, 2.05) is 45.0 Å². The molecule has 21 heavy (non-hydrogen) atoms. The zero-order chi connectivity index (χ0) is 15.6. The fraction of sp³-hybridized carbons (Fsp3) is 0.500. The molecule has 5 nitrogen and oxygen atoms in total. The molecule has 2 atom stereocenters. The third kappa shape index (κ3) is 3.17. The highest BCUT2D eigenvalue weighted by Gasteiger charge is 2.38. The van der Waals surface area contributed by atoms with E-state index in [1.165, 1.54) is 0 Å². The van der Waals surface area contributed by atoms with Crippen molar-refractivity contribution in [1.82, 2.24) is 4.90 Å². The zero-order valence-corrected chi connectivity index (χ0v) is 12.7. The summed E-state index contributed by atoms with van der Waals surface area (Å²) in [5, 5.41) is 9.18. The molecule has 0 spiro atoms. The van der Waals surface area contributed by atoms with Crippen molar-refractivity contribution in [1.29, 1.82) is 0 Å². The third-order valence-corrected chi connectivity index (χ3v) is 4.06. The van der Waals surface area contributed by atoms with Gasteiger partial charge in [0.05, 0.1) is 5.92 Å². The lowest BCUT2D eigenvalue weighted by Crippen LogP contribution is -2.42. The van der Waals surface area contributed by atoms with E-state index in [4.69, 9.17) is 0 Å². The SMILES string of the molecule is CCN(C(=O)N1C[C@@H](C)[C@H](C(=O)O)C1)c1cccc(C)c1. The molecule has 1 saturated heterocycles. The van der Waals surface area contributed by atoms with Gasteiger partial charge in [0.25, 0.3) is 0 Å². The molecule has 0 aliphatic carbocycles. The van der Waals surface area contributed by atoms with Crippen molar-refractivity contribution in [3.8, 4) is 0 Å². The van der Waals surface area contributed by atoms with E-state index < -0.39 is 11.9 Å². The minimum absolute atomic E-state index is 0.0114. The van der Waals surface area contributed by atoms with Gasteiger partial charge in [-0.25, -0.2) is 4.79 Å². The van der Waals surface area contributed by atoms with Gasteiger partial charge in [-0.1, -0.05) is 19.1 Å². The summed E-state index contributed by atoms with van der Waals surface area (Å²) in [4.78, 5) is 27.2. The van der Waals surface area contributed by atoms with Crippen molar-refractivity contribution in [2.75, 3.05) is 24.5 Å². The molecule has 0 aromatic heterocycles. The Bertz CT molecular complexity index is 544. The fourth-order valence-corrected chi connectivity index (χ4v) is 2.84. The molecule has 0 unspecified atom stereocenters. The van der Waals surface area contributed by atoms with Crippen LogP contribution in [0.2, 0.25) is 0 Å². The van der Waals surface area contributed by atoms with Crippen LogP contribution in [0.1, 0.15) is 19.4 Å². The van der Waals surface area contributed by atoms with Crippen LogP contribution < -0.4 is 4.90 Å². The Morgan fingerprint density at radius 2 is 2.10 bits per heavy atom. The number of hydrogen-bond donors (Lipinski definition) is 1. The number of nitrogens with zero attached hydrogens (tertiary/aromatic N) is 2. The smallest absolute Gasteiger partial charge is 0.324 e. The number of rotatable bonds is 3. The van der Waals surface area contributed by atoms with Gasteiger partial charge >= 0.3 is 12.0 Å². The normalized spacial score (nSPS) is 21.4. The van der Waals surface area contributed by atoms with Gasteiger partial charge in [0, 0.05) is 25.3 Å². The minimum atomic E-state index is -0.823. The first-order valence-electron chi connectivity index (χ1n) is 7.30. The van der Waals surface area contributed by atoms with E-state index in [0.717, 1.165) is 11.3 Å². The first-order chi connectivity index (χ1) is 9.93. The molecular formula is C16H22N2O3. The number of urea groups is 1. The van der Waals surface area contributed by atoms with Crippen LogP contribution in [0.5, 0.6) is 0 Å². The van der Waals surface area contributed by atoms with Gasteiger partial charge < -0.3 is 10.0 Å². The average Bonchev–Trinajstić information content (AvgIpc) is 2.82. The maximum Gasteiger partial charge on any atom is 0.324 e. The van der Waals surface area contributed by atoms with Crippen LogP contribution in [0.15, 0.2) is 24.3 Å². The molecule has 0 radical (unpaired) electrons. The van der Waals surface area contributed by atoms with Gasteiger partial charge in [0.2, 0.25) is 0 Å². The van der Waals surface area contributed by atoms with E-state index in [1.54, 1.807) is 9.80 Å². The summed E-state index contributed by atoms with van der Waals surface area (Å²) in [6, 6.07) is 7.67. The predicted molar refractivity (Wildman–Crippen MR) is 81.5 cm³/mol. The standard InChI is InChI=1S/C16H22N2O3/c1-4-18(13-7-5-6-11(2)8-13)16(21)17-9-12(3)14(10-17)15(19)20/h5-8,12,14H,4,9-10H2,1-3H3,(H,19,20)/t12-,14-/m1/s1. The number of anilines is 1. The van der Waals surface area contributed by atoms with Crippen LogP contribution in [0.25, 0.3) is 0 Å². The van der Waals surface area contributed by atoms with Crippen LogP contribution in [-0.2, 0) is 4.79 Å². The van der Waals surface area contributed by atoms with E-state index in [-0.39, 0.29) is 18.5 Å². The average molecular weight is 290 g/mol. The number of hydrogen-bond acceptors (Lipinski definition) is 2. The topological polar surface area (TPSA) is 60.9 Å². The highest BCUT2D eigenvalue weighted by atomic mass is 16.4. The summed E-state index contributed by atoms with van der Waals surface area (Å²) < 4.78 is 0. The summed E-state index contributed by atoms with van der Waals surface area (Å²) in [5.74, 6) is -1.30. The number of carbonyl (C=O) groups excluding carboxylic acids is 1. The van der Waals surface area contributed by atoms with Gasteiger partial charge in [-0.15, -0.1) is 0 Å². The van der Waals surface area contributed by atoms with Crippen molar-refractivity contribution < 1.29 is 14.7 Å². The molecule has 2 rings (SSSR count). The lowest BCUT2D eigenvalue weighted by molar-refractivity contribution is -0.142. The first kappa shape index (κ1) is 15.4. The number of likely N-dealkylation sites (tertiary alicyclic amines) is 1. The number of benzene rings is 1. The summed E-state index contributed by atoms with van der Waals surface area (Å²) >= 11 is 0. The second-order valence-electron chi connectivity index (χ2n) is 5.69. The molecule has 1 N–H and O–H groups in total. The molecule has 1 fully saturated rings. The molecular weight excluding hydrogens is 268 g/mol. The molecule has 1 aromatic rings. The van der Waals surface area contributed by atoms with Crippen LogP contribution >= 0.6 is 0 Å². The zero-order valence-electron chi connectivity index (χ0n) is 12.7. The third-order valence-electron chi connectivity index (χ3n) is 4.06. The molecule has 5 heteroatoms. The van der Waals surface area contributed by atoms with Gasteiger partial charge in [-0.05, 0) is 37.5 Å². The minimum Gasteiger partial charge on any atom is -0.481 e. The Balaban J connectivity index is 2.16. The number of aryl methyl sites for hydroxylation is 1. The lowest BCUT2D eigenvalue weighted by Gasteiger charge is -2.27. The molecule has 1 aromatic carbocycles. The van der Waals surface area contributed by atoms with E-state index in [9.17, 15) is 14.7 Å². The molecule has 0 bridgehead atoms. The number of aliphatic carboxylic acids is 1. The highest BCUT2D eigenvalue weighted by molar-refractivity contribution is 5.92. The van der Waals surface area contributed by atoms with Gasteiger partial charge in [0.15, 0.2) is 0 Å². The molecule has 114 valence electrons. The number of carboxylic acid groups (broad SMARTS) is 1. The van der Waals surface area contributed by atoms with E-state index in [2.05, 4.69) is 0 Å². The Labute approximate surface area is 125 Å². The van der Waals surface area contributed by atoms with Gasteiger partial charge in [-0.3, -0.25) is 9.69 Å². The van der Waals surface area contributed by atoms with Crippen LogP contribution in [0.4, 0.5) is 10.5 Å². The van der Waals surface area contributed by atoms with Crippen molar-refractivity contribution in [2.45, 2.75) is 20.8 Å². The monoisotopic (exact) mass is 290 g/mol. The molecule has 0 saturated carbocycles. The van der Waals surface area contributed by atoms with Crippen LogP contribution in [0.3, 0.4) is 0 Å². The summed E-state index contributed by atoms with van der Waals surface area (Å²) in [6.45, 7) is 7.14. The Morgan fingerprint density at radius 3 is 2.62 bits per heavy atom. The summed E-state index contributed by atoms with van der Waals surface area (Å²) in [5.41, 5.74) is 1.95. The Hall–Kier alpha value is -2.04. The van der Waals surface area contributed by atoms with Crippen molar-refractivity contribution in [3.05, 3.63) is 29.8 Å². The summed E-state index contributed by atoms with van der Waals surface area (Å²) in [6.07, 6.45) is 0. The van der Waals surface area contributed by atoms with E-state index in [0.29, 0.717) is 13.1 Å². The fourth-order valence-electron chi connectivity index (χ4n) is 2.84. The maximum atomic E-state index is 12.7. The Kier molecular flexibility index (Phi) is 4.50. The van der Waals surface area contributed by atoms with Gasteiger partial charge in [-0.2, -0.15) is 0 Å². The van der Waals surface area contributed by atoms with E-state index >= 15 is 0 Å². The largest absolute Gasteiger partial charge is 0.481 e. The molecule has 1 aliphatic rings. The number of amides is 2. The van der Waals surface area contributed by atoms with Crippen molar-refractivity contribution >= 4 is 17.7 Å². The number of carboxylic acids is 1. The second kappa shape index (κ2) is 6.16. The molecule has 1 aliphatic heterocycles. The number of carbonyl (C=O) groups is 2. The first-order valence-corrected chi connectivity index (χ1v) is 7.30. The lowest BCUT2D eigenvalue weighted by atomic mass is 9.99. The Morgan fingerprint density at radius 1 is 1.38 bits per heavy atom. The molecule has 2 amide bonds. The van der Waals surface area contributed by atoms with Crippen LogP contribution in [-0.4, -0.2) is 41.6 Å². The van der Waals surface area contributed by atoms with Crippen LogP contribution in [0, 0.1) is 18.8 Å². The van der Waals surface area contributed by atoms with Crippen molar-refractivity contribution in [3.63, 3.8) is 0 Å². The predicted octanol–water partition coefficient (Wildman–Crippen LogP) is 2.59. The maximum absolute atomic E-state index is 12.7. The summed E-state index contributed by atoms with van der Waals surface area (Å²) in [7, 11) is 0. The highest BCUT2D eigenvalue weighted by Crippen LogP contribution is 2.26. The second-order valence-corrected chi connectivity index (χ2v) is 5.69. The quantitative estimate of drug-likeness (QED) is 0.930. The molecule has 1 heterocycles. The van der Waals surface area contributed by atoms with Crippen molar-refractivity contribution in [2.24, 2.45) is 11.8 Å².